The molecule has 0 aliphatic rings. The molecule has 0 saturated heterocycles. The quantitative estimate of drug-likeness (QED) is 0.673. The number of benzene rings is 2. The molecule has 0 radical (unpaired) electrons. The van der Waals surface area contributed by atoms with Crippen LogP contribution in [0.3, 0.4) is 0 Å². The van der Waals surface area contributed by atoms with Gasteiger partial charge in [-0.15, -0.1) is 0 Å². The number of sulfonamides is 1. The van der Waals surface area contributed by atoms with Crippen molar-refractivity contribution in [3.8, 4) is 6.07 Å². The van der Waals surface area contributed by atoms with Crippen LogP contribution in [-0.4, -0.2) is 20.9 Å². The molecular formula is C19H19Cl2N3O3S. The first-order valence-corrected chi connectivity index (χ1v) is 10.6. The summed E-state index contributed by atoms with van der Waals surface area (Å²) in [6.45, 7) is 3.97. The zero-order valence-electron chi connectivity index (χ0n) is 15.3. The molecule has 28 heavy (non-hydrogen) atoms. The van der Waals surface area contributed by atoms with Gasteiger partial charge in [-0.2, -0.15) is 5.26 Å². The molecule has 2 aromatic carbocycles. The highest BCUT2D eigenvalue weighted by Crippen LogP contribution is 2.29. The summed E-state index contributed by atoms with van der Waals surface area (Å²) in [5, 5.41) is 11.3. The molecule has 0 bridgehead atoms. The smallest absolute Gasteiger partial charge is 0.257 e. The van der Waals surface area contributed by atoms with E-state index >= 15 is 0 Å². The summed E-state index contributed by atoms with van der Waals surface area (Å²) in [5.74, 6) is -0.470. The van der Waals surface area contributed by atoms with Crippen molar-refractivity contribution in [3.63, 3.8) is 0 Å². The van der Waals surface area contributed by atoms with E-state index in [1.807, 2.05) is 19.9 Å². The minimum Gasteiger partial charge on any atom is -0.322 e. The highest BCUT2D eigenvalue weighted by Gasteiger charge is 2.23. The molecule has 2 aromatic rings. The Kier molecular flexibility index (Phi) is 7.44. The number of nitrogens with one attached hydrogen (secondary N) is 2. The molecular weight excluding hydrogens is 421 g/mol. The predicted molar refractivity (Wildman–Crippen MR) is 110 cm³/mol. The van der Waals surface area contributed by atoms with Crippen molar-refractivity contribution < 1.29 is 13.2 Å². The maximum Gasteiger partial charge on any atom is 0.257 e. The third kappa shape index (κ3) is 5.69. The van der Waals surface area contributed by atoms with Crippen molar-refractivity contribution >= 4 is 44.8 Å². The van der Waals surface area contributed by atoms with E-state index in [1.165, 1.54) is 6.07 Å². The molecule has 148 valence electrons. The summed E-state index contributed by atoms with van der Waals surface area (Å²) >= 11 is 12.2. The van der Waals surface area contributed by atoms with Gasteiger partial charge in [-0.05, 0) is 35.7 Å². The van der Waals surface area contributed by atoms with Crippen LogP contribution >= 0.6 is 23.2 Å². The average molecular weight is 440 g/mol. The molecule has 1 amide bonds. The van der Waals surface area contributed by atoms with Gasteiger partial charge in [-0.3, -0.25) is 4.79 Å². The minimum absolute atomic E-state index is 0.0166. The summed E-state index contributed by atoms with van der Waals surface area (Å²) in [6.07, 6.45) is 0.266. The van der Waals surface area contributed by atoms with Gasteiger partial charge in [0.2, 0.25) is 10.0 Å². The van der Waals surface area contributed by atoms with Gasteiger partial charge in [-0.1, -0.05) is 49.2 Å². The molecule has 9 heteroatoms. The number of nitrogens with zero attached hydrogens (tertiary/aromatic N) is 1. The number of amides is 1. The van der Waals surface area contributed by atoms with E-state index in [4.69, 9.17) is 28.5 Å². The van der Waals surface area contributed by atoms with Crippen LogP contribution in [0.5, 0.6) is 0 Å². The first-order chi connectivity index (χ1) is 13.1. The normalized spacial score (nSPS) is 11.3. The molecule has 0 saturated carbocycles. The fourth-order valence-electron chi connectivity index (χ4n) is 2.26. The van der Waals surface area contributed by atoms with Crippen LogP contribution in [0.15, 0.2) is 41.3 Å². The fraction of sp³-hybridized carbons (Fsp3) is 0.263. The van der Waals surface area contributed by atoms with Crippen LogP contribution in [0.4, 0.5) is 5.69 Å². The Morgan fingerprint density at radius 1 is 1.14 bits per heavy atom. The average Bonchev–Trinajstić information content (AvgIpc) is 2.61. The van der Waals surface area contributed by atoms with Crippen molar-refractivity contribution in [1.82, 2.24) is 4.72 Å². The fourth-order valence-corrected chi connectivity index (χ4v) is 4.33. The van der Waals surface area contributed by atoms with Crippen molar-refractivity contribution in [2.24, 2.45) is 5.92 Å². The minimum atomic E-state index is -3.89. The number of nitriles is 1. The second kappa shape index (κ2) is 9.39. The van der Waals surface area contributed by atoms with Crippen LogP contribution < -0.4 is 10.0 Å². The summed E-state index contributed by atoms with van der Waals surface area (Å²) in [4.78, 5) is 12.4. The van der Waals surface area contributed by atoms with Crippen LogP contribution in [0.25, 0.3) is 0 Å². The van der Waals surface area contributed by atoms with Crippen LogP contribution in [0.1, 0.15) is 29.8 Å². The number of carbonyl (C=O) groups is 1. The number of hydrogen-bond donors (Lipinski definition) is 2. The Morgan fingerprint density at radius 3 is 2.36 bits per heavy atom. The molecule has 6 nitrogen and oxygen atoms in total. The van der Waals surface area contributed by atoms with Gasteiger partial charge in [0.25, 0.3) is 5.91 Å². The van der Waals surface area contributed by atoms with Gasteiger partial charge in [0.05, 0.1) is 28.1 Å². The lowest BCUT2D eigenvalue weighted by molar-refractivity contribution is 0.102. The lowest BCUT2D eigenvalue weighted by Crippen LogP contribution is -2.28. The van der Waals surface area contributed by atoms with Gasteiger partial charge in [0, 0.05) is 12.2 Å². The molecule has 0 heterocycles. The summed E-state index contributed by atoms with van der Waals surface area (Å²) in [6, 6.07) is 11.2. The van der Waals surface area contributed by atoms with Gasteiger partial charge in [0.1, 0.15) is 4.90 Å². The summed E-state index contributed by atoms with van der Waals surface area (Å²) in [5.41, 5.74) is 1.28. The topological polar surface area (TPSA) is 99.1 Å². The number of anilines is 1. The molecule has 0 aromatic heterocycles. The zero-order valence-corrected chi connectivity index (χ0v) is 17.6. The Labute approximate surface area is 174 Å². The Morgan fingerprint density at radius 2 is 1.79 bits per heavy atom. The van der Waals surface area contributed by atoms with Crippen LogP contribution in [0.2, 0.25) is 10.0 Å². The van der Waals surface area contributed by atoms with E-state index in [9.17, 15) is 13.2 Å². The van der Waals surface area contributed by atoms with Gasteiger partial charge in [0.15, 0.2) is 0 Å². The van der Waals surface area contributed by atoms with Crippen molar-refractivity contribution in [3.05, 3.63) is 57.6 Å². The molecule has 2 N–H and O–H groups in total. The van der Waals surface area contributed by atoms with E-state index in [2.05, 4.69) is 10.0 Å². The summed E-state index contributed by atoms with van der Waals surface area (Å²) in [7, 11) is -3.89. The van der Waals surface area contributed by atoms with Gasteiger partial charge >= 0.3 is 0 Å². The molecule has 0 aliphatic heterocycles. The Bertz CT molecular complexity index is 1010. The third-order valence-corrected chi connectivity index (χ3v) is 5.93. The second-order valence-corrected chi connectivity index (χ2v) is 9.04. The maximum atomic E-state index is 12.6. The second-order valence-electron chi connectivity index (χ2n) is 6.49. The number of rotatable bonds is 7. The standard InChI is InChI=1S/C19H19Cl2N3O3S/c1-12(2)11-23-28(26,27)18-9-15(16(20)10-17(18)21)19(25)24-14-5-3-13(4-6-14)7-8-22/h3-6,9-10,12,23H,7,11H2,1-2H3,(H,24,25). The summed E-state index contributed by atoms with van der Waals surface area (Å²) < 4.78 is 27.5. The van der Waals surface area contributed by atoms with E-state index in [0.29, 0.717) is 5.69 Å². The molecule has 0 spiro atoms. The van der Waals surface area contributed by atoms with Gasteiger partial charge in [-0.25, -0.2) is 13.1 Å². The van der Waals surface area contributed by atoms with E-state index in [-0.39, 0.29) is 39.4 Å². The predicted octanol–water partition coefficient (Wildman–Crippen LogP) is 4.25. The third-order valence-electron chi connectivity index (χ3n) is 3.73. The highest BCUT2D eigenvalue weighted by atomic mass is 35.5. The lowest BCUT2D eigenvalue weighted by atomic mass is 10.1. The Hall–Kier alpha value is -2.11. The molecule has 2 rings (SSSR count). The molecule has 0 fully saturated rings. The van der Waals surface area contributed by atoms with Crippen LogP contribution in [0, 0.1) is 17.2 Å². The van der Waals surface area contributed by atoms with Gasteiger partial charge < -0.3 is 5.32 Å². The number of carbonyl (C=O) groups excluding carboxylic acids is 1. The van der Waals surface area contributed by atoms with E-state index < -0.39 is 15.9 Å². The largest absolute Gasteiger partial charge is 0.322 e. The number of hydrogen-bond acceptors (Lipinski definition) is 4. The Balaban J connectivity index is 2.29. The monoisotopic (exact) mass is 439 g/mol. The molecule has 0 aliphatic carbocycles. The van der Waals surface area contributed by atoms with Crippen molar-refractivity contribution in [1.29, 1.82) is 5.26 Å². The van der Waals surface area contributed by atoms with Crippen molar-refractivity contribution in [2.75, 3.05) is 11.9 Å². The first kappa shape index (κ1) is 22.2. The molecule has 0 unspecified atom stereocenters. The zero-order chi connectivity index (χ0) is 20.9. The lowest BCUT2D eigenvalue weighted by Gasteiger charge is -2.13. The SMILES string of the molecule is CC(C)CNS(=O)(=O)c1cc(C(=O)Nc2ccc(CC#N)cc2)c(Cl)cc1Cl. The molecule has 0 atom stereocenters. The van der Waals surface area contributed by atoms with Crippen molar-refractivity contribution in [2.45, 2.75) is 25.2 Å². The van der Waals surface area contributed by atoms with E-state index in [1.54, 1.807) is 24.3 Å². The van der Waals surface area contributed by atoms with Crippen LogP contribution in [-0.2, 0) is 16.4 Å². The first-order valence-electron chi connectivity index (χ1n) is 8.40. The number of halogens is 2. The van der Waals surface area contributed by atoms with E-state index in [0.717, 1.165) is 11.6 Å². The highest BCUT2D eigenvalue weighted by molar-refractivity contribution is 7.89. The maximum absolute atomic E-state index is 12.6.